The van der Waals surface area contributed by atoms with Gasteiger partial charge in [0.2, 0.25) is 5.78 Å². The molecule has 0 heterocycles. The Kier molecular flexibility index (Phi) is 4.15. The first-order valence-electron chi connectivity index (χ1n) is 4.47. The Bertz CT molecular complexity index is 180. The van der Waals surface area contributed by atoms with Gasteiger partial charge in [0.05, 0.1) is 0 Å². The number of carbonyl (C=O) groups is 2. The van der Waals surface area contributed by atoms with Crippen LogP contribution in [-0.2, 0) is 9.59 Å². The maximum atomic E-state index is 11.3. The molecular weight excluding hydrogens is 152 g/mol. The second-order valence-corrected chi connectivity index (χ2v) is 3.87. The lowest BCUT2D eigenvalue weighted by Gasteiger charge is -2.20. The first kappa shape index (κ1) is 11.3. The van der Waals surface area contributed by atoms with E-state index in [0.717, 1.165) is 19.3 Å². The molecule has 0 aromatic carbocycles. The highest BCUT2D eigenvalue weighted by Crippen LogP contribution is 2.24. The summed E-state index contributed by atoms with van der Waals surface area (Å²) < 4.78 is 0. The predicted molar refractivity (Wildman–Crippen MR) is 49.0 cm³/mol. The van der Waals surface area contributed by atoms with Crippen LogP contribution in [-0.4, -0.2) is 11.6 Å². The minimum atomic E-state index is -0.457. The number of carbonyl (C=O) groups excluding carboxylic acids is 2. The fourth-order valence-corrected chi connectivity index (χ4v) is 1.21. The molecule has 0 aliphatic rings. The van der Waals surface area contributed by atoms with E-state index in [1.165, 1.54) is 6.92 Å². The van der Waals surface area contributed by atoms with E-state index < -0.39 is 5.41 Å². The van der Waals surface area contributed by atoms with Gasteiger partial charge in [0, 0.05) is 12.3 Å². The Morgan fingerprint density at radius 3 is 2.08 bits per heavy atom. The number of ketones is 2. The third-order valence-electron chi connectivity index (χ3n) is 2.09. The van der Waals surface area contributed by atoms with Crippen molar-refractivity contribution in [1.82, 2.24) is 0 Å². The van der Waals surface area contributed by atoms with Gasteiger partial charge in [-0.05, 0) is 6.42 Å². The van der Waals surface area contributed by atoms with Crippen molar-refractivity contribution in [2.24, 2.45) is 5.41 Å². The largest absolute Gasteiger partial charge is 0.291 e. The van der Waals surface area contributed by atoms with Crippen LogP contribution < -0.4 is 0 Å². The van der Waals surface area contributed by atoms with Crippen LogP contribution >= 0.6 is 0 Å². The van der Waals surface area contributed by atoms with Crippen molar-refractivity contribution in [3.63, 3.8) is 0 Å². The molecular formula is C10H18O2. The summed E-state index contributed by atoms with van der Waals surface area (Å²) in [5.74, 6) is -0.563. The van der Waals surface area contributed by atoms with E-state index in [4.69, 9.17) is 0 Å². The van der Waals surface area contributed by atoms with Crippen LogP contribution in [0.25, 0.3) is 0 Å². The molecule has 0 aliphatic heterocycles. The topological polar surface area (TPSA) is 34.1 Å². The van der Waals surface area contributed by atoms with Gasteiger partial charge < -0.3 is 0 Å². The quantitative estimate of drug-likeness (QED) is 0.593. The third kappa shape index (κ3) is 3.16. The molecule has 0 N–H and O–H groups in total. The lowest BCUT2D eigenvalue weighted by molar-refractivity contribution is -0.140. The molecule has 2 heteroatoms. The van der Waals surface area contributed by atoms with E-state index in [1.54, 1.807) is 0 Å². The summed E-state index contributed by atoms with van der Waals surface area (Å²) >= 11 is 0. The Labute approximate surface area is 74.3 Å². The molecule has 0 rings (SSSR count). The molecule has 0 atom stereocenters. The number of Topliss-reactive ketones (excluding diaryl/α,β-unsaturated/α-hetero) is 2. The van der Waals surface area contributed by atoms with Crippen LogP contribution in [0.3, 0.4) is 0 Å². The molecule has 0 amide bonds. The zero-order chi connectivity index (χ0) is 9.78. The van der Waals surface area contributed by atoms with Crippen molar-refractivity contribution in [3.8, 4) is 0 Å². The highest BCUT2D eigenvalue weighted by molar-refractivity contribution is 6.38. The minimum Gasteiger partial charge on any atom is -0.291 e. The normalized spacial score (nSPS) is 11.3. The first-order chi connectivity index (χ1) is 5.41. The Balaban J connectivity index is 4.19. The molecule has 0 saturated carbocycles. The van der Waals surface area contributed by atoms with Gasteiger partial charge >= 0.3 is 0 Å². The van der Waals surface area contributed by atoms with E-state index in [-0.39, 0.29) is 11.6 Å². The molecule has 0 bridgehead atoms. The highest BCUT2D eigenvalue weighted by atomic mass is 16.2. The number of rotatable bonds is 5. The van der Waals surface area contributed by atoms with Crippen molar-refractivity contribution in [2.75, 3.05) is 0 Å². The second kappa shape index (κ2) is 4.39. The number of hydrogen-bond acceptors (Lipinski definition) is 2. The third-order valence-corrected chi connectivity index (χ3v) is 2.09. The van der Waals surface area contributed by atoms with E-state index in [9.17, 15) is 9.59 Å². The maximum absolute atomic E-state index is 11.3. The van der Waals surface area contributed by atoms with Gasteiger partial charge in [0.15, 0.2) is 5.78 Å². The van der Waals surface area contributed by atoms with Crippen LogP contribution in [0.4, 0.5) is 0 Å². The fourth-order valence-electron chi connectivity index (χ4n) is 1.21. The van der Waals surface area contributed by atoms with Gasteiger partial charge in [-0.15, -0.1) is 0 Å². The van der Waals surface area contributed by atoms with Gasteiger partial charge in [-0.25, -0.2) is 0 Å². The van der Waals surface area contributed by atoms with Crippen molar-refractivity contribution < 1.29 is 9.59 Å². The molecule has 12 heavy (non-hydrogen) atoms. The summed E-state index contributed by atoms with van der Waals surface area (Å²) in [6.45, 7) is 7.10. The van der Waals surface area contributed by atoms with Crippen molar-refractivity contribution in [3.05, 3.63) is 0 Å². The molecule has 0 aromatic rings. The standard InChI is InChI=1S/C10H18O2/c1-5-6-7-10(3,4)9(12)8(2)11/h5-7H2,1-4H3. The molecule has 70 valence electrons. The SMILES string of the molecule is CCCCC(C)(C)C(=O)C(C)=O. The van der Waals surface area contributed by atoms with Crippen LogP contribution in [0.2, 0.25) is 0 Å². The van der Waals surface area contributed by atoms with Gasteiger partial charge in [0.25, 0.3) is 0 Å². The van der Waals surface area contributed by atoms with Gasteiger partial charge in [-0.3, -0.25) is 9.59 Å². The molecule has 0 spiro atoms. The summed E-state index contributed by atoms with van der Waals surface area (Å²) in [4.78, 5) is 22.1. The van der Waals surface area contributed by atoms with Crippen molar-refractivity contribution in [1.29, 1.82) is 0 Å². The summed E-state index contributed by atoms with van der Waals surface area (Å²) in [6, 6.07) is 0. The number of hydrogen-bond donors (Lipinski definition) is 0. The minimum absolute atomic E-state index is 0.240. The van der Waals surface area contributed by atoms with Gasteiger partial charge in [0.1, 0.15) is 0 Å². The molecule has 0 radical (unpaired) electrons. The van der Waals surface area contributed by atoms with Crippen molar-refractivity contribution >= 4 is 11.6 Å². The first-order valence-corrected chi connectivity index (χ1v) is 4.47. The predicted octanol–water partition coefficient (Wildman–Crippen LogP) is 2.36. The van der Waals surface area contributed by atoms with E-state index in [0.29, 0.717) is 0 Å². The van der Waals surface area contributed by atoms with Crippen LogP contribution in [0.1, 0.15) is 47.0 Å². The van der Waals surface area contributed by atoms with Crippen molar-refractivity contribution in [2.45, 2.75) is 47.0 Å². The Morgan fingerprint density at radius 2 is 1.75 bits per heavy atom. The lowest BCUT2D eigenvalue weighted by Crippen LogP contribution is -2.29. The van der Waals surface area contributed by atoms with Crippen LogP contribution in [0.5, 0.6) is 0 Å². The zero-order valence-electron chi connectivity index (χ0n) is 8.44. The van der Waals surface area contributed by atoms with Gasteiger partial charge in [-0.2, -0.15) is 0 Å². The van der Waals surface area contributed by atoms with E-state index >= 15 is 0 Å². The molecule has 2 nitrogen and oxygen atoms in total. The monoisotopic (exact) mass is 170 g/mol. The highest BCUT2D eigenvalue weighted by Gasteiger charge is 2.29. The summed E-state index contributed by atoms with van der Waals surface area (Å²) in [5, 5.41) is 0. The van der Waals surface area contributed by atoms with E-state index in [1.807, 2.05) is 13.8 Å². The molecule has 0 unspecified atom stereocenters. The second-order valence-electron chi connectivity index (χ2n) is 3.87. The number of unbranched alkanes of at least 4 members (excludes halogenated alkanes) is 1. The summed E-state index contributed by atoms with van der Waals surface area (Å²) in [6.07, 6.45) is 2.88. The maximum Gasteiger partial charge on any atom is 0.203 e. The average Bonchev–Trinajstić information content (AvgIpc) is 1.99. The van der Waals surface area contributed by atoms with E-state index in [2.05, 4.69) is 6.92 Å². The fraction of sp³-hybridized carbons (Fsp3) is 0.800. The molecule has 0 fully saturated rings. The summed E-state index contributed by atoms with van der Waals surface area (Å²) in [7, 11) is 0. The smallest absolute Gasteiger partial charge is 0.203 e. The van der Waals surface area contributed by atoms with Crippen LogP contribution in [0, 0.1) is 5.41 Å². The Morgan fingerprint density at radius 1 is 1.25 bits per heavy atom. The average molecular weight is 170 g/mol. The molecule has 0 saturated heterocycles. The molecule has 0 aromatic heterocycles. The summed E-state index contributed by atoms with van der Waals surface area (Å²) in [5.41, 5.74) is -0.457. The Hall–Kier alpha value is -0.660. The zero-order valence-corrected chi connectivity index (χ0v) is 8.44. The van der Waals surface area contributed by atoms with Crippen LogP contribution in [0.15, 0.2) is 0 Å². The molecule has 0 aliphatic carbocycles. The van der Waals surface area contributed by atoms with Gasteiger partial charge in [-0.1, -0.05) is 33.6 Å². The lowest BCUT2D eigenvalue weighted by atomic mass is 9.81.